The van der Waals surface area contributed by atoms with Gasteiger partial charge in [0.2, 0.25) is 0 Å². The van der Waals surface area contributed by atoms with Crippen LogP contribution in [-0.2, 0) is 9.53 Å². The van der Waals surface area contributed by atoms with Gasteiger partial charge in [-0.1, -0.05) is 120 Å². The minimum atomic E-state index is -0.0733. The molecule has 0 saturated heterocycles. The second kappa shape index (κ2) is 17.8. The third-order valence-corrected chi connectivity index (χ3v) is 4.93. The summed E-state index contributed by atoms with van der Waals surface area (Å²) in [5.74, 6) is -0.0733. The largest absolute Gasteiger partial charge is 0.461 e. The smallest absolute Gasteiger partial charge is 0.306 e. The van der Waals surface area contributed by atoms with Crippen LogP contribution in [0, 0.1) is 0 Å². The zero-order valence-corrected chi connectivity index (χ0v) is 17.5. The second-order valence-corrected chi connectivity index (χ2v) is 7.49. The SMILES string of the molecule is CCCCCCCCCCCCCCCC(=O)OC/C=C/c1ccccc1. The van der Waals surface area contributed by atoms with Crippen LogP contribution in [0.3, 0.4) is 0 Å². The van der Waals surface area contributed by atoms with E-state index in [1.165, 1.54) is 70.6 Å². The highest BCUT2D eigenvalue weighted by Crippen LogP contribution is 2.13. The van der Waals surface area contributed by atoms with E-state index < -0.39 is 0 Å². The minimum Gasteiger partial charge on any atom is -0.461 e. The van der Waals surface area contributed by atoms with E-state index in [0.717, 1.165) is 18.4 Å². The number of carbonyl (C=O) groups is 1. The van der Waals surface area contributed by atoms with Crippen molar-refractivity contribution in [1.29, 1.82) is 0 Å². The van der Waals surface area contributed by atoms with E-state index >= 15 is 0 Å². The van der Waals surface area contributed by atoms with Gasteiger partial charge in [0.25, 0.3) is 0 Å². The van der Waals surface area contributed by atoms with Crippen molar-refractivity contribution >= 4 is 12.0 Å². The second-order valence-electron chi connectivity index (χ2n) is 7.49. The zero-order valence-electron chi connectivity index (χ0n) is 17.5. The molecular weight excluding hydrogens is 332 g/mol. The molecule has 0 unspecified atom stereocenters. The highest BCUT2D eigenvalue weighted by atomic mass is 16.5. The molecule has 0 radical (unpaired) electrons. The molecule has 0 saturated carbocycles. The molecule has 0 amide bonds. The average Bonchev–Trinajstić information content (AvgIpc) is 2.69. The van der Waals surface area contributed by atoms with Crippen molar-refractivity contribution in [3.05, 3.63) is 42.0 Å². The maximum Gasteiger partial charge on any atom is 0.306 e. The fourth-order valence-electron chi connectivity index (χ4n) is 3.25. The average molecular weight is 373 g/mol. The van der Waals surface area contributed by atoms with Crippen molar-refractivity contribution < 1.29 is 9.53 Å². The van der Waals surface area contributed by atoms with Crippen LogP contribution >= 0.6 is 0 Å². The standard InChI is InChI=1S/C25H40O2/c1-2-3-4-5-6-7-8-9-10-11-12-13-17-22-25(26)27-23-18-21-24-19-15-14-16-20-24/h14-16,18-21H,2-13,17,22-23H2,1H3/b21-18+. The van der Waals surface area contributed by atoms with Crippen molar-refractivity contribution in [3.8, 4) is 0 Å². The quantitative estimate of drug-likeness (QED) is 0.207. The van der Waals surface area contributed by atoms with Gasteiger partial charge in [-0.3, -0.25) is 4.79 Å². The molecular formula is C25H40O2. The first kappa shape index (κ1) is 23.5. The summed E-state index contributed by atoms with van der Waals surface area (Å²) in [6, 6.07) is 10.1. The molecule has 1 rings (SSSR count). The molecule has 1 aromatic carbocycles. The Kier molecular flexibility index (Phi) is 15.5. The molecule has 0 N–H and O–H groups in total. The Bertz CT molecular complexity index is 478. The molecule has 0 bridgehead atoms. The van der Waals surface area contributed by atoms with Gasteiger partial charge in [0, 0.05) is 6.42 Å². The van der Waals surface area contributed by atoms with Crippen LogP contribution in [0.15, 0.2) is 36.4 Å². The summed E-state index contributed by atoms with van der Waals surface area (Å²) in [7, 11) is 0. The van der Waals surface area contributed by atoms with Crippen LogP contribution in [0.1, 0.15) is 102 Å². The predicted octanol–water partition coefficient (Wildman–Crippen LogP) is 7.72. The summed E-state index contributed by atoms with van der Waals surface area (Å²) < 4.78 is 5.25. The number of ether oxygens (including phenoxy) is 1. The van der Waals surface area contributed by atoms with Gasteiger partial charge in [-0.25, -0.2) is 0 Å². The van der Waals surface area contributed by atoms with Gasteiger partial charge in [-0.15, -0.1) is 0 Å². The number of esters is 1. The summed E-state index contributed by atoms with van der Waals surface area (Å²) in [5, 5.41) is 0. The number of unbranched alkanes of at least 4 members (excludes halogenated alkanes) is 12. The normalized spacial score (nSPS) is 11.1. The first-order valence-electron chi connectivity index (χ1n) is 11.2. The van der Waals surface area contributed by atoms with Gasteiger partial charge in [0.15, 0.2) is 0 Å². The lowest BCUT2D eigenvalue weighted by atomic mass is 10.0. The number of rotatable bonds is 17. The number of hydrogen-bond donors (Lipinski definition) is 0. The summed E-state index contributed by atoms with van der Waals surface area (Å²) in [6.45, 7) is 2.64. The Morgan fingerprint density at radius 3 is 1.85 bits per heavy atom. The summed E-state index contributed by atoms with van der Waals surface area (Å²) in [6.07, 6.45) is 21.6. The summed E-state index contributed by atoms with van der Waals surface area (Å²) in [4.78, 5) is 11.7. The molecule has 27 heavy (non-hydrogen) atoms. The van der Waals surface area contributed by atoms with Crippen LogP contribution in [0.4, 0.5) is 0 Å². The maximum absolute atomic E-state index is 11.7. The molecule has 2 nitrogen and oxygen atoms in total. The number of benzene rings is 1. The molecule has 1 aromatic rings. The van der Waals surface area contributed by atoms with E-state index in [0.29, 0.717) is 13.0 Å². The van der Waals surface area contributed by atoms with Crippen molar-refractivity contribution in [2.24, 2.45) is 0 Å². The highest BCUT2D eigenvalue weighted by Gasteiger charge is 2.01. The van der Waals surface area contributed by atoms with Gasteiger partial charge in [0.1, 0.15) is 6.61 Å². The predicted molar refractivity (Wildman–Crippen MR) is 117 cm³/mol. The molecule has 0 aliphatic heterocycles. The Morgan fingerprint density at radius 1 is 0.778 bits per heavy atom. The fourth-order valence-corrected chi connectivity index (χ4v) is 3.25. The molecule has 0 aliphatic rings. The Balaban J connectivity index is 1.82. The van der Waals surface area contributed by atoms with Gasteiger partial charge in [-0.2, -0.15) is 0 Å². The van der Waals surface area contributed by atoms with Crippen LogP contribution in [0.25, 0.3) is 6.08 Å². The van der Waals surface area contributed by atoms with E-state index in [1.807, 2.05) is 42.5 Å². The van der Waals surface area contributed by atoms with Crippen LogP contribution in [0.5, 0.6) is 0 Å². The van der Waals surface area contributed by atoms with Crippen LogP contribution in [0.2, 0.25) is 0 Å². The molecule has 2 heteroatoms. The summed E-state index contributed by atoms with van der Waals surface area (Å²) >= 11 is 0. The molecule has 0 heterocycles. The first-order chi connectivity index (χ1) is 13.3. The first-order valence-corrected chi connectivity index (χ1v) is 11.2. The van der Waals surface area contributed by atoms with Crippen molar-refractivity contribution in [3.63, 3.8) is 0 Å². The Labute approximate surface area is 167 Å². The van der Waals surface area contributed by atoms with Crippen molar-refractivity contribution in [2.75, 3.05) is 6.61 Å². The Morgan fingerprint density at radius 2 is 1.30 bits per heavy atom. The molecule has 0 atom stereocenters. The summed E-state index contributed by atoms with van der Waals surface area (Å²) in [5.41, 5.74) is 1.13. The molecule has 0 aliphatic carbocycles. The third kappa shape index (κ3) is 15.2. The highest BCUT2D eigenvalue weighted by molar-refractivity contribution is 5.69. The van der Waals surface area contributed by atoms with Crippen molar-refractivity contribution in [1.82, 2.24) is 0 Å². The molecule has 152 valence electrons. The van der Waals surface area contributed by atoms with Gasteiger partial charge < -0.3 is 4.74 Å². The van der Waals surface area contributed by atoms with Gasteiger partial charge in [0.05, 0.1) is 0 Å². The van der Waals surface area contributed by atoms with E-state index in [1.54, 1.807) is 0 Å². The fraction of sp³-hybridized carbons (Fsp3) is 0.640. The Hall–Kier alpha value is -1.57. The van der Waals surface area contributed by atoms with E-state index in [9.17, 15) is 4.79 Å². The zero-order chi connectivity index (χ0) is 19.4. The van der Waals surface area contributed by atoms with Crippen molar-refractivity contribution in [2.45, 2.75) is 96.8 Å². The topological polar surface area (TPSA) is 26.3 Å². The molecule has 0 aromatic heterocycles. The van der Waals surface area contributed by atoms with Crippen LogP contribution < -0.4 is 0 Å². The lowest BCUT2D eigenvalue weighted by Gasteiger charge is -2.04. The molecule has 0 fully saturated rings. The lowest BCUT2D eigenvalue weighted by Crippen LogP contribution is -2.03. The van der Waals surface area contributed by atoms with E-state index in [2.05, 4.69) is 6.92 Å². The minimum absolute atomic E-state index is 0.0733. The van der Waals surface area contributed by atoms with Gasteiger partial charge in [-0.05, 0) is 18.1 Å². The van der Waals surface area contributed by atoms with Gasteiger partial charge >= 0.3 is 5.97 Å². The number of carbonyl (C=O) groups excluding carboxylic acids is 1. The third-order valence-electron chi connectivity index (χ3n) is 4.93. The van der Waals surface area contributed by atoms with E-state index in [4.69, 9.17) is 4.74 Å². The maximum atomic E-state index is 11.7. The lowest BCUT2D eigenvalue weighted by molar-refractivity contribution is -0.142. The molecule has 0 spiro atoms. The van der Waals surface area contributed by atoms with E-state index in [-0.39, 0.29) is 5.97 Å². The number of hydrogen-bond acceptors (Lipinski definition) is 2. The van der Waals surface area contributed by atoms with Crippen LogP contribution in [-0.4, -0.2) is 12.6 Å². The monoisotopic (exact) mass is 372 g/mol.